The van der Waals surface area contributed by atoms with Crippen LogP contribution in [0.25, 0.3) is 0 Å². The van der Waals surface area contributed by atoms with Crippen molar-refractivity contribution in [3.05, 3.63) is 35.9 Å². The highest BCUT2D eigenvalue weighted by molar-refractivity contribution is 5.70. The fourth-order valence-electron chi connectivity index (χ4n) is 6.27. The molecule has 4 atom stereocenters. The number of likely N-dealkylation sites (tertiary alicyclic amines) is 1. The predicted octanol–water partition coefficient (Wildman–Crippen LogP) is 6.45. The van der Waals surface area contributed by atoms with Gasteiger partial charge in [0.25, 0.3) is 0 Å². The van der Waals surface area contributed by atoms with Gasteiger partial charge >= 0.3 is 6.09 Å². The van der Waals surface area contributed by atoms with Gasteiger partial charge in [-0.25, -0.2) is 4.79 Å². The number of aliphatic hydroxyl groups excluding tert-OH is 1. The molecule has 1 aromatic rings. The highest BCUT2D eigenvalue weighted by Crippen LogP contribution is 2.50. The summed E-state index contributed by atoms with van der Waals surface area (Å²) in [5.74, 6) is 0.387. The molecule has 1 saturated carbocycles. The molecular formula is C29H47NO5. The fraction of sp³-hybridized carbons (Fsp3) is 0.759. The van der Waals surface area contributed by atoms with Crippen molar-refractivity contribution in [3.8, 4) is 0 Å². The fourth-order valence-corrected chi connectivity index (χ4v) is 6.27. The Morgan fingerprint density at radius 1 is 1.11 bits per heavy atom. The molecule has 1 aliphatic heterocycles. The van der Waals surface area contributed by atoms with E-state index in [1.807, 2.05) is 35.2 Å². The first kappa shape index (κ1) is 27.9. The summed E-state index contributed by atoms with van der Waals surface area (Å²) < 4.78 is 16.7. The Morgan fingerprint density at radius 3 is 2.71 bits per heavy atom. The topological polar surface area (TPSA) is 68.2 Å². The summed E-state index contributed by atoms with van der Waals surface area (Å²) in [5, 5.41) is 10.7. The van der Waals surface area contributed by atoms with Crippen molar-refractivity contribution in [2.24, 2.45) is 5.92 Å². The van der Waals surface area contributed by atoms with Crippen molar-refractivity contribution in [2.45, 2.75) is 115 Å². The number of amides is 1. The van der Waals surface area contributed by atoms with Crippen LogP contribution >= 0.6 is 0 Å². The standard InChI is InChI=1S/C29H47NO5/c1-3-4-5-9-15-27(31)17-16-25-14-10-11-19-29(25)20-18-26(22-34-23-33-2)30(29)28(32)35-21-24-12-7-6-8-13-24/h6-8,12-13,25-27,31H,3-5,9-11,14-23H2,1-2H3/t25-,26-,27-,29-/m0/s1. The van der Waals surface area contributed by atoms with E-state index < -0.39 is 0 Å². The zero-order valence-corrected chi connectivity index (χ0v) is 22.0. The SMILES string of the molecule is CCCCCC[C@H](O)CC[C@@H]1CCCC[C@]12CC[C@@H](COCOC)N2C(=O)OCc1ccccc1. The first-order valence-electron chi connectivity index (χ1n) is 13.9. The Labute approximate surface area is 212 Å². The number of rotatable bonds is 14. The van der Waals surface area contributed by atoms with Crippen molar-refractivity contribution in [1.82, 2.24) is 4.90 Å². The molecule has 35 heavy (non-hydrogen) atoms. The molecule has 0 bridgehead atoms. The van der Waals surface area contributed by atoms with Gasteiger partial charge < -0.3 is 19.3 Å². The van der Waals surface area contributed by atoms with E-state index in [1.165, 1.54) is 25.7 Å². The zero-order chi connectivity index (χ0) is 24.9. The molecule has 198 valence electrons. The zero-order valence-electron chi connectivity index (χ0n) is 22.0. The van der Waals surface area contributed by atoms with Crippen molar-refractivity contribution < 1.29 is 24.1 Å². The van der Waals surface area contributed by atoms with E-state index >= 15 is 0 Å². The van der Waals surface area contributed by atoms with Crippen molar-refractivity contribution >= 4 is 6.09 Å². The van der Waals surface area contributed by atoms with E-state index in [-0.39, 0.29) is 37.2 Å². The van der Waals surface area contributed by atoms with Crippen molar-refractivity contribution in [2.75, 3.05) is 20.5 Å². The summed E-state index contributed by atoms with van der Waals surface area (Å²) in [6.07, 6.45) is 13.3. The van der Waals surface area contributed by atoms with Gasteiger partial charge in [-0.05, 0) is 56.4 Å². The van der Waals surface area contributed by atoms with E-state index in [4.69, 9.17) is 14.2 Å². The van der Waals surface area contributed by atoms with Gasteiger partial charge in [-0.2, -0.15) is 0 Å². The molecule has 3 rings (SSSR count). The lowest BCUT2D eigenvalue weighted by molar-refractivity contribution is -0.0629. The van der Waals surface area contributed by atoms with E-state index in [1.54, 1.807) is 7.11 Å². The molecule has 1 saturated heterocycles. The van der Waals surface area contributed by atoms with Crippen LogP contribution in [0, 0.1) is 5.92 Å². The van der Waals surface area contributed by atoms with E-state index in [2.05, 4.69) is 6.92 Å². The van der Waals surface area contributed by atoms with Gasteiger partial charge in [-0.15, -0.1) is 0 Å². The molecule has 6 heteroatoms. The Hall–Kier alpha value is -1.63. The van der Waals surface area contributed by atoms with E-state index in [9.17, 15) is 9.90 Å². The van der Waals surface area contributed by atoms with Crippen molar-refractivity contribution in [1.29, 1.82) is 0 Å². The number of nitrogens with zero attached hydrogens (tertiary/aromatic N) is 1. The summed E-state index contributed by atoms with van der Waals surface area (Å²) in [6, 6.07) is 9.86. The average Bonchev–Trinajstić information content (AvgIpc) is 3.23. The van der Waals surface area contributed by atoms with Crippen LogP contribution in [0.15, 0.2) is 30.3 Å². The van der Waals surface area contributed by atoms with Crippen LogP contribution in [0.5, 0.6) is 0 Å². The minimum absolute atomic E-state index is 0.00649. The third kappa shape index (κ3) is 7.93. The number of carbonyl (C=O) groups is 1. The number of carbonyl (C=O) groups excluding carboxylic acids is 1. The lowest BCUT2D eigenvalue weighted by Gasteiger charge is -2.48. The highest BCUT2D eigenvalue weighted by Gasteiger charge is 2.54. The Balaban J connectivity index is 1.68. The first-order chi connectivity index (χ1) is 17.1. The normalized spacial score (nSPS) is 25.2. The first-order valence-corrected chi connectivity index (χ1v) is 13.9. The van der Waals surface area contributed by atoms with Gasteiger partial charge in [-0.1, -0.05) is 75.8 Å². The molecule has 2 aliphatic rings. The monoisotopic (exact) mass is 489 g/mol. The third-order valence-electron chi connectivity index (χ3n) is 8.08. The molecule has 1 amide bonds. The number of hydrogen-bond acceptors (Lipinski definition) is 5. The number of unbranched alkanes of at least 4 members (excludes halogenated alkanes) is 3. The van der Waals surface area contributed by atoms with Gasteiger partial charge in [0.15, 0.2) is 0 Å². The quantitative estimate of drug-likeness (QED) is 0.240. The van der Waals surface area contributed by atoms with Crippen LogP contribution in [-0.2, 0) is 20.8 Å². The number of aliphatic hydroxyl groups is 1. The van der Waals surface area contributed by atoms with Crippen LogP contribution in [0.1, 0.15) is 96.0 Å². The predicted molar refractivity (Wildman–Crippen MR) is 138 cm³/mol. The summed E-state index contributed by atoms with van der Waals surface area (Å²) >= 11 is 0. The van der Waals surface area contributed by atoms with Crippen LogP contribution in [0.3, 0.4) is 0 Å². The minimum atomic E-state index is -0.244. The van der Waals surface area contributed by atoms with Gasteiger partial charge in [0.05, 0.1) is 18.8 Å². The Bertz CT molecular complexity index is 729. The smallest absolute Gasteiger partial charge is 0.410 e. The van der Waals surface area contributed by atoms with Crippen LogP contribution < -0.4 is 0 Å². The number of methoxy groups -OCH3 is 1. The minimum Gasteiger partial charge on any atom is -0.445 e. The second-order valence-electron chi connectivity index (χ2n) is 10.5. The summed E-state index contributed by atoms with van der Waals surface area (Å²) in [7, 11) is 1.62. The van der Waals surface area contributed by atoms with Crippen molar-refractivity contribution in [3.63, 3.8) is 0 Å². The van der Waals surface area contributed by atoms with E-state index in [0.29, 0.717) is 12.5 Å². The number of benzene rings is 1. The van der Waals surface area contributed by atoms with Crippen LogP contribution in [-0.4, -0.2) is 54.3 Å². The van der Waals surface area contributed by atoms with Gasteiger partial charge in [-0.3, -0.25) is 4.90 Å². The second kappa shape index (κ2) is 14.8. The summed E-state index contributed by atoms with van der Waals surface area (Å²) in [4.78, 5) is 15.6. The lowest BCUT2D eigenvalue weighted by atomic mass is 9.69. The molecule has 1 spiro atoms. The van der Waals surface area contributed by atoms with Crippen LogP contribution in [0.4, 0.5) is 4.79 Å². The molecule has 0 radical (unpaired) electrons. The highest BCUT2D eigenvalue weighted by atomic mass is 16.7. The third-order valence-corrected chi connectivity index (χ3v) is 8.08. The summed E-state index contributed by atoms with van der Waals surface area (Å²) in [6.45, 7) is 3.18. The molecule has 1 aromatic carbocycles. The molecule has 6 nitrogen and oxygen atoms in total. The van der Waals surface area contributed by atoms with Gasteiger partial charge in [0, 0.05) is 12.6 Å². The average molecular weight is 490 g/mol. The molecule has 0 aromatic heterocycles. The molecule has 2 fully saturated rings. The Kier molecular flexibility index (Phi) is 11.8. The van der Waals surface area contributed by atoms with Gasteiger partial charge in [0.2, 0.25) is 0 Å². The molecular weight excluding hydrogens is 442 g/mol. The maximum atomic E-state index is 13.6. The lowest BCUT2D eigenvalue weighted by Crippen LogP contribution is -2.57. The molecule has 0 unspecified atom stereocenters. The number of hydrogen-bond donors (Lipinski definition) is 1. The molecule has 1 N–H and O–H groups in total. The molecule has 1 heterocycles. The molecule has 1 aliphatic carbocycles. The van der Waals surface area contributed by atoms with E-state index in [0.717, 1.165) is 63.4 Å². The maximum Gasteiger partial charge on any atom is 0.410 e. The summed E-state index contributed by atoms with van der Waals surface area (Å²) in [5.41, 5.74) is 0.794. The maximum absolute atomic E-state index is 13.6. The Morgan fingerprint density at radius 2 is 1.94 bits per heavy atom. The van der Waals surface area contributed by atoms with Crippen LogP contribution in [0.2, 0.25) is 0 Å². The number of ether oxygens (including phenoxy) is 3. The largest absolute Gasteiger partial charge is 0.445 e. The second-order valence-corrected chi connectivity index (χ2v) is 10.5. The van der Waals surface area contributed by atoms with Gasteiger partial charge in [0.1, 0.15) is 13.4 Å².